The molecule has 0 aromatic carbocycles. The van der Waals surface area contributed by atoms with Crippen LogP contribution in [0.2, 0.25) is 0 Å². The molecular formula is C26H48N2O16. The highest BCUT2D eigenvalue weighted by molar-refractivity contribution is 5.76. The average Bonchev–Trinajstić information content (AvgIpc) is 2.99. The highest BCUT2D eigenvalue weighted by Gasteiger charge is 2.56. The molecule has 258 valence electrons. The van der Waals surface area contributed by atoms with Gasteiger partial charge in [0.05, 0.1) is 50.2 Å². The molecule has 11 N–H and O–H groups in total. The summed E-state index contributed by atoms with van der Waals surface area (Å²) < 4.78 is 28.2. The maximum Gasteiger partial charge on any atom is 0.223 e. The Bertz CT molecular complexity index is 915. The van der Waals surface area contributed by atoms with Crippen LogP contribution >= 0.6 is 0 Å². The molecule has 3 fully saturated rings. The van der Waals surface area contributed by atoms with E-state index in [1.807, 2.05) is 0 Å². The Hall–Kier alpha value is -1.17. The van der Waals surface area contributed by atoms with Crippen molar-refractivity contribution in [3.8, 4) is 0 Å². The monoisotopic (exact) mass is 644 g/mol. The minimum absolute atomic E-state index is 0.0929. The van der Waals surface area contributed by atoms with Gasteiger partial charge in [0.1, 0.15) is 48.8 Å². The van der Waals surface area contributed by atoms with Gasteiger partial charge in [0.15, 0.2) is 18.9 Å². The van der Waals surface area contributed by atoms with Gasteiger partial charge in [0.2, 0.25) is 5.91 Å². The predicted octanol–water partition coefficient (Wildman–Crippen LogP) is -6.12. The van der Waals surface area contributed by atoms with E-state index in [0.717, 1.165) is 0 Å². The molecular weight excluding hydrogens is 596 g/mol. The van der Waals surface area contributed by atoms with Gasteiger partial charge < -0.3 is 80.1 Å². The summed E-state index contributed by atoms with van der Waals surface area (Å²) in [7, 11) is 3.43. The maximum absolute atomic E-state index is 12.3. The number of nitrogens with one attached hydrogen (secondary N) is 1. The highest BCUT2D eigenvalue weighted by Crippen LogP contribution is 2.40. The number of ether oxygens (including phenoxy) is 5. The zero-order chi connectivity index (χ0) is 33.1. The number of hydrogen-bond donors (Lipinski definition) is 11. The fraction of sp³-hybridized carbons (Fsp3) is 0.962. The molecule has 0 aliphatic carbocycles. The van der Waals surface area contributed by atoms with E-state index in [9.17, 15) is 55.9 Å². The molecule has 0 bridgehead atoms. The van der Waals surface area contributed by atoms with E-state index in [4.69, 9.17) is 23.7 Å². The van der Waals surface area contributed by atoms with Gasteiger partial charge in [0.25, 0.3) is 0 Å². The summed E-state index contributed by atoms with van der Waals surface area (Å²) in [5.41, 5.74) is -1.50. The third kappa shape index (κ3) is 8.03. The molecule has 0 radical (unpaired) electrons. The van der Waals surface area contributed by atoms with Crippen LogP contribution in [0, 0.1) is 5.92 Å². The minimum atomic E-state index is -1.87. The molecule has 16 atom stereocenters. The van der Waals surface area contributed by atoms with Gasteiger partial charge in [-0.3, -0.25) is 9.69 Å². The first-order valence-corrected chi connectivity index (χ1v) is 14.5. The van der Waals surface area contributed by atoms with Crippen LogP contribution < -0.4 is 5.32 Å². The Morgan fingerprint density at radius 1 is 0.773 bits per heavy atom. The van der Waals surface area contributed by atoms with Gasteiger partial charge in [-0.25, -0.2) is 0 Å². The lowest BCUT2D eigenvalue weighted by molar-refractivity contribution is -0.377. The first kappa shape index (κ1) is 37.3. The normalized spacial score (nSPS) is 44.8. The van der Waals surface area contributed by atoms with Gasteiger partial charge >= 0.3 is 0 Å². The number of carbonyl (C=O) groups is 1. The van der Waals surface area contributed by atoms with Crippen molar-refractivity contribution in [2.24, 2.45) is 5.92 Å². The van der Waals surface area contributed by atoms with E-state index in [1.165, 1.54) is 6.92 Å². The third-order valence-electron chi connectivity index (χ3n) is 8.46. The van der Waals surface area contributed by atoms with Crippen molar-refractivity contribution in [2.75, 3.05) is 34.0 Å². The lowest BCUT2D eigenvalue weighted by Crippen LogP contribution is -2.67. The summed E-state index contributed by atoms with van der Waals surface area (Å²) in [6, 6.07) is 0. The molecule has 3 saturated heterocycles. The van der Waals surface area contributed by atoms with Crippen molar-refractivity contribution in [2.45, 2.75) is 118 Å². The third-order valence-corrected chi connectivity index (χ3v) is 8.46. The predicted molar refractivity (Wildman–Crippen MR) is 144 cm³/mol. The van der Waals surface area contributed by atoms with Crippen LogP contribution in [0.5, 0.6) is 0 Å². The summed E-state index contributed by atoms with van der Waals surface area (Å²) in [5, 5.41) is 107. The fourth-order valence-corrected chi connectivity index (χ4v) is 5.69. The molecule has 0 aromatic heterocycles. The van der Waals surface area contributed by atoms with Crippen LogP contribution in [0.4, 0.5) is 0 Å². The average molecular weight is 645 g/mol. The highest BCUT2D eigenvalue weighted by atomic mass is 16.7. The van der Waals surface area contributed by atoms with Gasteiger partial charge in [-0.2, -0.15) is 0 Å². The first-order valence-electron chi connectivity index (χ1n) is 14.5. The molecule has 0 saturated carbocycles. The smallest absolute Gasteiger partial charge is 0.223 e. The van der Waals surface area contributed by atoms with Gasteiger partial charge in [0, 0.05) is 5.92 Å². The second-order valence-electron chi connectivity index (χ2n) is 11.9. The summed E-state index contributed by atoms with van der Waals surface area (Å²) in [6.07, 6.45) is -23.5. The van der Waals surface area contributed by atoms with E-state index >= 15 is 0 Å². The molecule has 18 heteroatoms. The topological polar surface area (TPSA) is 281 Å². The Labute approximate surface area is 254 Å². The lowest BCUT2D eigenvalue weighted by Gasteiger charge is -2.51. The Morgan fingerprint density at radius 3 is 1.93 bits per heavy atom. The van der Waals surface area contributed by atoms with Crippen molar-refractivity contribution >= 4 is 5.91 Å². The second kappa shape index (κ2) is 15.6. The molecule has 0 spiro atoms. The largest absolute Gasteiger partial charge is 0.394 e. The molecule has 3 heterocycles. The number of aliphatic hydroxyl groups excluding tert-OH is 10. The molecule has 3 rings (SSSR count). The Balaban J connectivity index is 1.75. The summed E-state index contributed by atoms with van der Waals surface area (Å²) >= 11 is 0. The van der Waals surface area contributed by atoms with Crippen LogP contribution in [-0.2, 0) is 28.5 Å². The van der Waals surface area contributed by atoms with Crippen LogP contribution in [-0.4, -0.2) is 187 Å². The van der Waals surface area contributed by atoms with E-state index in [1.54, 1.807) is 25.9 Å². The van der Waals surface area contributed by atoms with Crippen LogP contribution in [0.3, 0.4) is 0 Å². The second-order valence-corrected chi connectivity index (χ2v) is 11.9. The van der Waals surface area contributed by atoms with E-state index in [2.05, 4.69) is 5.32 Å². The standard InChI is InChI=1S/C26H48N2O16/c1-5-26(2,14-11(7-29)40-23(39)19(36)16(14)33)44-25-21(38)18(35)22(12(8-30)42-25)43-24-20(37)17(34)15(32)10(41-24)6-13(31)27-9-28(3)4/h10-12,14-25,29-30,32-39H,5-9H2,1-4H3,(H,27,31)/t10?,11?,12?,14-,15-,16?,17?,18?,19+,20+,21+,22-,23?,24+,25+,26?/m1/s1. The molecule has 1 amide bonds. The van der Waals surface area contributed by atoms with Crippen molar-refractivity contribution in [1.82, 2.24) is 10.2 Å². The van der Waals surface area contributed by atoms with Crippen molar-refractivity contribution < 1.29 is 79.5 Å². The van der Waals surface area contributed by atoms with Crippen LogP contribution in [0.25, 0.3) is 0 Å². The fourth-order valence-electron chi connectivity index (χ4n) is 5.69. The van der Waals surface area contributed by atoms with Crippen molar-refractivity contribution in [3.63, 3.8) is 0 Å². The molecule has 3 aliphatic rings. The number of aliphatic hydroxyl groups is 10. The van der Waals surface area contributed by atoms with Crippen LogP contribution in [0.1, 0.15) is 26.7 Å². The molecule has 44 heavy (non-hydrogen) atoms. The van der Waals surface area contributed by atoms with Gasteiger partial charge in [-0.05, 0) is 27.4 Å². The summed E-state index contributed by atoms with van der Waals surface area (Å²) in [4.78, 5) is 14.0. The zero-order valence-electron chi connectivity index (χ0n) is 25.1. The van der Waals surface area contributed by atoms with E-state index < -0.39 is 123 Å². The van der Waals surface area contributed by atoms with Gasteiger partial charge in [-0.15, -0.1) is 0 Å². The lowest BCUT2D eigenvalue weighted by atomic mass is 9.75. The zero-order valence-corrected chi connectivity index (χ0v) is 25.1. The van der Waals surface area contributed by atoms with Gasteiger partial charge in [-0.1, -0.05) is 6.92 Å². The first-order chi connectivity index (χ1) is 20.6. The Kier molecular flexibility index (Phi) is 13.2. The number of amides is 1. The molecule has 0 aromatic rings. The summed E-state index contributed by atoms with van der Waals surface area (Å²) in [5.74, 6) is -1.69. The minimum Gasteiger partial charge on any atom is -0.394 e. The van der Waals surface area contributed by atoms with E-state index in [0.29, 0.717) is 0 Å². The summed E-state index contributed by atoms with van der Waals surface area (Å²) in [6.45, 7) is 1.83. The number of rotatable bonds is 12. The van der Waals surface area contributed by atoms with Crippen LogP contribution in [0.15, 0.2) is 0 Å². The molecule has 8 unspecified atom stereocenters. The maximum atomic E-state index is 12.3. The molecule has 3 aliphatic heterocycles. The Morgan fingerprint density at radius 2 is 1.36 bits per heavy atom. The van der Waals surface area contributed by atoms with Crippen molar-refractivity contribution in [1.29, 1.82) is 0 Å². The van der Waals surface area contributed by atoms with Crippen molar-refractivity contribution in [3.05, 3.63) is 0 Å². The number of carbonyl (C=O) groups excluding carboxylic acids is 1. The van der Waals surface area contributed by atoms with E-state index in [-0.39, 0.29) is 13.1 Å². The number of nitrogens with zero attached hydrogens (tertiary/aromatic N) is 1. The number of hydrogen-bond acceptors (Lipinski definition) is 17. The molecule has 18 nitrogen and oxygen atoms in total. The quantitative estimate of drug-likeness (QED) is 0.0882. The SMILES string of the molecule is CCC(C)(O[C@@H]1OC(CO)[C@@H](O[C@@H]2OC(CC(=O)NCN(C)C)[C@@H](O)C(O)[C@@H]2O)C(O)[C@@H]1O)[C@@H]1C(CO)OC(O)[C@@H](O)C1O.